The average molecular weight is 592 g/mol. The van der Waals surface area contributed by atoms with Gasteiger partial charge in [0.05, 0.1) is 12.0 Å². The van der Waals surface area contributed by atoms with E-state index in [1.165, 1.54) is 6.07 Å². The zero-order valence-corrected chi connectivity index (χ0v) is 24.4. The lowest BCUT2D eigenvalue weighted by atomic mass is 9.93. The van der Waals surface area contributed by atoms with Gasteiger partial charge in [0, 0.05) is 47.9 Å². The summed E-state index contributed by atoms with van der Waals surface area (Å²) in [6.07, 6.45) is -0.430. The minimum absolute atomic E-state index is 0.150. The van der Waals surface area contributed by atoms with E-state index in [2.05, 4.69) is 16.0 Å². The third kappa shape index (κ3) is 8.34. The van der Waals surface area contributed by atoms with E-state index in [9.17, 15) is 22.8 Å². The molecule has 1 unspecified atom stereocenters. The van der Waals surface area contributed by atoms with Gasteiger partial charge in [-0.3, -0.25) is 9.59 Å². The minimum atomic E-state index is -4.49. The van der Waals surface area contributed by atoms with Crippen molar-refractivity contribution in [3.8, 4) is 5.75 Å². The Labute approximate surface area is 242 Å². The summed E-state index contributed by atoms with van der Waals surface area (Å²) in [5.41, 5.74) is 0.527. The molecular formula is C31H37F4N3O4. The number of carbonyl (C=O) groups excluding carboxylic acids is 2. The van der Waals surface area contributed by atoms with Crippen LogP contribution in [-0.4, -0.2) is 44.9 Å². The molecule has 0 saturated heterocycles. The second kappa shape index (κ2) is 13.9. The number of amides is 2. The molecule has 1 aliphatic rings. The molecule has 0 aliphatic heterocycles. The zero-order chi connectivity index (χ0) is 31.1. The van der Waals surface area contributed by atoms with Crippen LogP contribution in [0, 0.1) is 17.2 Å². The summed E-state index contributed by atoms with van der Waals surface area (Å²) in [5.74, 6) is -1.65. The van der Waals surface area contributed by atoms with E-state index >= 15 is 4.39 Å². The molecule has 7 nitrogen and oxygen atoms in total. The van der Waals surface area contributed by atoms with Gasteiger partial charge in [0.25, 0.3) is 0 Å². The first kappa shape index (κ1) is 32.7. The second-order valence-corrected chi connectivity index (χ2v) is 10.7. The fourth-order valence-electron chi connectivity index (χ4n) is 4.22. The molecule has 3 rings (SSSR count). The topological polar surface area (TPSA) is 88.7 Å². The molecule has 3 N–H and O–H groups in total. The summed E-state index contributed by atoms with van der Waals surface area (Å²) in [5, 5.41) is 9.22. The number of fused-ring (bicyclic) bond motifs is 1. The van der Waals surface area contributed by atoms with Gasteiger partial charge < -0.3 is 25.4 Å². The van der Waals surface area contributed by atoms with Crippen molar-refractivity contribution >= 4 is 34.5 Å². The Morgan fingerprint density at radius 1 is 1.00 bits per heavy atom. The summed E-state index contributed by atoms with van der Waals surface area (Å²) in [4.78, 5) is 24.3. The smallest absolute Gasteiger partial charge is 0.395 e. The molecular weight excluding hydrogens is 554 g/mol. The number of hydrogen-bond acceptors (Lipinski definition) is 5. The maximum atomic E-state index is 15.6. The highest BCUT2D eigenvalue weighted by atomic mass is 19.4. The van der Waals surface area contributed by atoms with Crippen LogP contribution in [0.3, 0.4) is 0 Å². The highest BCUT2D eigenvalue weighted by Gasteiger charge is 2.47. The quantitative estimate of drug-likeness (QED) is 0.186. The number of hydrogen-bond donors (Lipinski definition) is 3. The lowest BCUT2D eigenvalue weighted by Crippen LogP contribution is -2.43. The van der Waals surface area contributed by atoms with Crippen molar-refractivity contribution in [3.63, 3.8) is 0 Å². The van der Waals surface area contributed by atoms with Gasteiger partial charge in [-0.15, -0.1) is 0 Å². The van der Waals surface area contributed by atoms with E-state index in [1.54, 1.807) is 31.4 Å². The molecule has 0 fully saturated rings. The van der Waals surface area contributed by atoms with Crippen molar-refractivity contribution in [1.29, 1.82) is 0 Å². The highest BCUT2D eigenvalue weighted by molar-refractivity contribution is 6.03. The third-order valence-corrected chi connectivity index (χ3v) is 6.92. The van der Waals surface area contributed by atoms with Crippen molar-refractivity contribution in [1.82, 2.24) is 5.32 Å². The zero-order valence-electron chi connectivity index (χ0n) is 24.4. The van der Waals surface area contributed by atoms with E-state index in [-0.39, 0.29) is 5.92 Å². The number of rotatable bonds is 12. The first-order chi connectivity index (χ1) is 19.8. The predicted molar refractivity (Wildman–Crippen MR) is 155 cm³/mol. The number of ether oxygens (including phenoxy) is 2. The number of allylic oxidation sites excluding steroid dienone is 1. The average Bonchev–Trinajstić information content (AvgIpc) is 3.04. The van der Waals surface area contributed by atoms with E-state index in [1.807, 2.05) is 32.1 Å². The molecule has 2 aromatic rings. The van der Waals surface area contributed by atoms with Crippen LogP contribution >= 0.6 is 0 Å². The normalized spacial score (nSPS) is 15.1. The van der Waals surface area contributed by atoms with Crippen LogP contribution in [0.15, 0.2) is 48.6 Å². The van der Waals surface area contributed by atoms with Gasteiger partial charge in [0.1, 0.15) is 24.6 Å². The van der Waals surface area contributed by atoms with Crippen LogP contribution < -0.4 is 31.1 Å². The summed E-state index contributed by atoms with van der Waals surface area (Å²) in [7, 11) is 1.56. The largest absolute Gasteiger partial charge is 0.491 e. The number of alkyl halides is 3. The van der Waals surface area contributed by atoms with Gasteiger partial charge in [0.2, 0.25) is 11.8 Å². The van der Waals surface area contributed by atoms with Crippen molar-refractivity contribution in [3.05, 3.63) is 64.8 Å². The first-order valence-corrected chi connectivity index (χ1v) is 13.6. The lowest BCUT2D eigenvalue weighted by molar-refractivity contribution is -0.209. The van der Waals surface area contributed by atoms with E-state index in [0.717, 1.165) is 24.6 Å². The second-order valence-electron chi connectivity index (χ2n) is 10.7. The Bertz CT molecular complexity index is 1430. The van der Waals surface area contributed by atoms with Crippen LogP contribution in [0.2, 0.25) is 0 Å². The SMILES string of the molecule is CCC1=c2cc(OCCOC)cc(F)c2=C(Nc2ccc(NC(=O)CC(=O)NCC(C)(C)C(F)(F)F)cc2)C(C)C=C1. The van der Waals surface area contributed by atoms with Crippen LogP contribution in [0.4, 0.5) is 28.9 Å². The van der Waals surface area contributed by atoms with Crippen molar-refractivity contribution in [2.45, 2.75) is 46.7 Å². The molecule has 0 radical (unpaired) electrons. The Morgan fingerprint density at radius 2 is 1.67 bits per heavy atom. The summed E-state index contributed by atoms with van der Waals surface area (Å²) < 4.78 is 65.2. The van der Waals surface area contributed by atoms with Gasteiger partial charge in [0.15, 0.2) is 0 Å². The summed E-state index contributed by atoms with van der Waals surface area (Å²) in [6.45, 7) is 5.93. The molecule has 1 aliphatic carbocycles. The molecule has 1 atom stereocenters. The van der Waals surface area contributed by atoms with Crippen LogP contribution in [0.5, 0.6) is 5.75 Å². The monoisotopic (exact) mass is 591 g/mol. The Kier molecular flexibility index (Phi) is 10.8. The van der Waals surface area contributed by atoms with E-state index in [0.29, 0.717) is 47.7 Å². The van der Waals surface area contributed by atoms with Crippen molar-refractivity contribution in [2.24, 2.45) is 11.3 Å². The molecule has 0 heterocycles. The fourth-order valence-corrected chi connectivity index (χ4v) is 4.22. The van der Waals surface area contributed by atoms with E-state index in [4.69, 9.17) is 9.47 Å². The van der Waals surface area contributed by atoms with Gasteiger partial charge in [-0.25, -0.2) is 4.39 Å². The van der Waals surface area contributed by atoms with Crippen molar-refractivity contribution in [2.75, 3.05) is 37.5 Å². The molecule has 11 heteroatoms. The predicted octanol–water partition coefficient (Wildman–Crippen LogP) is 4.87. The molecule has 0 bridgehead atoms. The van der Waals surface area contributed by atoms with E-state index < -0.39 is 42.2 Å². The lowest BCUT2D eigenvalue weighted by Gasteiger charge is -2.27. The molecule has 228 valence electrons. The highest BCUT2D eigenvalue weighted by Crippen LogP contribution is 2.36. The Hall–Kier alpha value is -3.86. The van der Waals surface area contributed by atoms with Crippen molar-refractivity contribution < 1.29 is 36.6 Å². The molecule has 0 aromatic heterocycles. The molecule has 2 amide bonds. The first-order valence-electron chi connectivity index (χ1n) is 13.6. The Morgan fingerprint density at radius 3 is 2.29 bits per heavy atom. The number of nitrogens with one attached hydrogen (secondary N) is 3. The maximum absolute atomic E-state index is 15.6. The molecule has 0 spiro atoms. The van der Waals surface area contributed by atoms with Gasteiger partial charge in [-0.1, -0.05) is 26.0 Å². The van der Waals surface area contributed by atoms with Gasteiger partial charge in [-0.05, 0) is 61.4 Å². The number of methoxy groups -OCH3 is 1. The number of benzene rings is 2. The number of carbonyl (C=O) groups is 2. The van der Waals surface area contributed by atoms with Gasteiger partial charge >= 0.3 is 6.18 Å². The number of halogens is 4. The summed E-state index contributed by atoms with van der Waals surface area (Å²) >= 11 is 0. The fraction of sp³-hybridized carbons (Fsp3) is 0.419. The van der Waals surface area contributed by atoms with Crippen LogP contribution in [0.1, 0.15) is 40.5 Å². The van der Waals surface area contributed by atoms with Crippen LogP contribution in [0.25, 0.3) is 11.3 Å². The minimum Gasteiger partial charge on any atom is -0.491 e. The maximum Gasteiger partial charge on any atom is 0.395 e. The van der Waals surface area contributed by atoms with Crippen LogP contribution in [-0.2, 0) is 14.3 Å². The summed E-state index contributed by atoms with van der Waals surface area (Å²) in [6, 6.07) is 9.79. The molecule has 2 aromatic carbocycles. The molecule has 0 saturated carbocycles. The Balaban J connectivity index is 1.76. The van der Waals surface area contributed by atoms with Gasteiger partial charge in [-0.2, -0.15) is 13.2 Å². The standard InChI is InChI=1S/C31H37F4N3O4/c1-6-20-8-7-19(2)29(28-24(20)15-23(16-25(28)32)42-14-13-41-5)38-22-11-9-21(10-12-22)37-27(40)17-26(39)36-18-30(3,4)31(33,34)35/h7-12,15-16,19,38H,6,13-14,17-18H2,1-5H3,(H,36,39)(H,37,40). The number of anilines is 2. The molecule has 42 heavy (non-hydrogen) atoms. The third-order valence-electron chi connectivity index (χ3n) is 6.92.